The van der Waals surface area contributed by atoms with E-state index in [2.05, 4.69) is 10.4 Å². The summed E-state index contributed by atoms with van der Waals surface area (Å²) in [7, 11) is 1.65. The van der Waals surface area contributed by atoms with Crippen LogP contribution < -0.4 is 10.9 Å². The highest BCUT2D eigenvalue weighted by Crippen LogP contribution is 2.25. The third-order valence-electron chi connectivity index (χ3n) is 3.99. The van der Waals surface area contributed by atoms with Crippen LogP contribution in [-0.4, -0.2) is 21.5 Å². The van der Waals surface area contributed by atoms with Crippen LogP contribution in [0.25, 0.3) is 22.0 Å². The van der Waals surface area contributed by atoms with Crippen molar-refractivity contribution in [3.05, 3.63) is 64.4 Å². The van der Waals surface area contributed by atoms with Gasteiger partial charge < -0.3 is 10.1 Å². The van der Waals surface area contributed by atoms with Crippen LogP contribution in [0.3, 0.4) is 0 Å². The van der Waals surface area contributed by atoms with E-state index in [1.54, 1.807) is 13.1 Å². The highest BCUT2D eigenvalue weighted by Gasteiger charge is 2.16. The first kappa shape index (κ1) is 18.6. The summed E-state index contributed by atoms with van der Waals surface area (Å²) in [6.45, 7) is 5.81. The molecule has 0 fully saturated rings. The average molecular weight is 365 g/mol. The maximum atomic E-state index is 12.3. The molecule has 0 aliphatic heterocycles. The summed E-state index contributed by atoms with van der Waals surface area (Å²) in [5.41, 5.74) is 1.86. The molecular formula is C21H23N3O3. The molecule has 1 heterocycles. The van der Waals surface area contributed by atoms with Crippen LogP contribution in [0.15, 0.2) is 53.3 Å². The molecule has 0 bridgehead atoms. The average Bonchev–Trinajstić information content (AvgIpc) is 2.62. The van der Waals surface area contributed by atoms with Gasteiger partial charge in [-0.25, -0.2) is 9.48 Å². The van der Waals surface area contributed by atoms with Crippen molar-refractivity contribution in [2.45, 2.75) is 32.9 Å². The van der Waals surface area contributed by atoms with E-state index in [0.29, 0.717) is 11.9 Å². The normalized spacial score (nSPS) is 11.4. The number of rotatable bonds is 3. The van der Waals surface area contributed by atoms with Crippen molar-refractivity contribution < 1.29 is 9.53 Å². The van der Waals surface area contributed by atoms with Crippen molar-refractivity contribution >= 4 is 16.9 Å². The number of benzene rings is 2. The van der Waals surface area contributed by atoms with Gasteiger partial charge in [-0.1, -0.05) is 36.4 Å². The Morgan fingerprint density at radius 1 is 1.11 bits per heavy atom. The van der Waals surface area contributed by atoms with Gasteiger partial charge in [0, 0.05) is 24.5 Å². The van der Waals surface area contributed by atoms with Crippen molar-refractivity contribution in [2.75, 3.05) is 0 Å². The molecule has 1 amide bonds. The van der Waals surface area contributed by atoms with E-state index in [-0.39, 0.29) is 5.56 Å². The Bertz CT molecular complexity index is 1050. The lowest BCUT2D eigenvalue weighted by Gasteiger charge is -2.19. The third-order valence-corrected chi connectivity index (χ3v) is 3.99. The van der Waals surface area contributed by atoms with Crippen LogP contribution >= 0.6 is 0 Å². The minimum absolute atomic E-state index is 0.128. The van der Waals surface area contributed by atoms with Crippen LogP contribution in [-0.2, 0) is 18.3 Å². The Labute approximate surface area is 157 Å². The predicted molar refractivity (Wildman–Crippen MR) is 105 cm³/mol. The van der Waals surface area contributed by atoms with Crippen LogP contribution in [0, 0.1) is 0 Å². The summed E-state index contributed by atoms with van der Waals surface area (Å²) in [6.07, 6.45) is -0.460. The van der Waals surface area contributed by atoms with E-state index >= 15 is 0 Å². The van der Waals surface area contributed by atoms with Crippen LogP contribution in [0.1, 0.15) is 26.3 Å². The van der Waals surface area contributed by atoms with E-state index in [4.69, 9.17) is 4.74 Å². The molecule has 140 valence electrons. The molecule has 0 aliphatic rings. The molecule has 2 aromatic carbocycles. The fraction of sp³-hybridized carbons (Fsp3) is 0.286. The fourth-order valence-corrected chi connectivity index (χ4v) is 2.83. The zero-order valence-corrected chi connectivity index (χ0v) is 15.9. The van der Waals surface area contributed by atoms with Gasteiger partial charge in [0.2, 0.25) is 0 Å². The lowest BCUT2D eigenvalue weighted by molar-refractivity contribution is 0.0523. The summed E-state index contributed by atoms with van der Waals surface area (Å²) in [5.74, 6) is 0. The maximum absolute atomic E-state index is 12.3. The maximum Gasteiger partial charge on any atom is 0.407 e. The van der Waals surface area contributed by atoms with Gasteiger partial charge >= 0.3 is 6.09 Å². The molecule has 0 unspecified atom stereocenters. The number of alkyl carbamates (subject to hydrolysis) is 1. The molecule has 3 rings (SSSR count). The number of hydrogen-bond donors (Lipinski definition) is 1. The molecule has 6 heteroatoms. The molecule has 0 atom stereocenters. The number of nitrogens with one attached hydrogen (secondary N) is 1. The largest absolute Gasteiger partial charge is 0.444 e. The van der Waals surface area contributed by atoms with Crippen molar-refractivity contribution in [1.82, 2.24) is 15.1 Å². The van der Waals surface area contributed by atoms with Crippen molar-refractivity contribution in [3.63, 3.8) is 0 Å². The zero-order valence-electron chi connectivity index (χ0n) is 15.9. The third kappa shape index (κ3) is 4.34. The zero-order chi connectivity index (χ0) is 19.6. The number of fused-ring (bicyclic) bond motifs is 1. The lowest BCUT2D eigenvalue weighted by Crippen LogP contribution is -2.32. The quantitative estimate of drug-likeness (QED) is 0.769. The van der Waals surface area contributed by atoms with E-state index in [1.165, 1.54) is 4.68 Å². The summed E-state index contributed by atoms with van der Waals surface area (Å²) in [5, 5.41) is 8.63. The first-order valence-corrected chi connectivity index (χ1v) is 8.77. The second-order valence-corrected chi connectivity index (χ2v) is 7.38. The first-order chi connectivity index (χ1) is 12.7. The summed E-state index contributed by atoms with van der Waals surface area (Å²) in [4.78, 5) is 24.2. The van der Waals surface area contributed by atoms with Gasteiger partial charge in [0.1, 0.15) is 5.60 Å². The van der Waals surface area contributed by atoms with Crippen molar-refractivity contribution in [2.24, 2.45) is 7.05 Å². The highest BCUT2D eigenvalue weighted by atomic mass is 16.6. The lowest BCUT2D eigenvalue weighted by atomic mass is 10.0. The van der Waals surface area contributed by atoms with Gasteiger partial charge in [0.25, 0.3) is 5.56 Å². The summed E-state index contributed by atoms with van der Waals surface area (Å²) in [6, 6.07) is 15.2. The van der Waals surface area contributed by atoms with E-state index < -0.39 is 11.7 Å². The Morgan fingerprint density at radius 2 is 1.81 bits per heavy atom. The number of amides is 1. The van der Waals surface area contributed by atoms with Gasteiger partial charge in [-0.3, -0.25) is 4.79 Å². The summed E-state index contributed by atoms with van der Waals surface area (Å²) >= 11 is 0. The molecule has 6 nitrogen and oxygen atoms in total. The van der Waals surface area contributed by atoms with Gasteiger partial charge in [0.15, 0.2) is 0 Å². The molecule has 0 saturated carbocycles. The second-order valence-electron chi connectivity index (χ2n) is 7.38. The van der Waals surface area contributed by atoms with Gasteiger partial charge in [0.05, 0.1) is 11.1 Å². The Balaban J connectivity index is 1.91. The van der Waals surface area contributed by atoms with Crippen LogP contribution in [0.4, 0.5) is 4.79 Å². The first-order valence-electron chi connectivity index (χ1n) is 8.77. The molecule has 0 spiro atoms. The number of hydrogen-bond acceptors (Lipinski definition) is 4. The minimum Gasteiger partial charge on any atom is -0.444 e. The number of aryl methyl sites for hydroxylation is 1. The fourth-order valence-electron chi connectivity index (χ4n) is 2.83. The highest BCUT2D eigenvalue weighted by molar-refractivity contribution is 5.93. The van der Waals surface area contributed by atoms with E-state index in [9.17, 15) is 9.59 Å². The Hall–Kier alpha value is -3.15. The Kier molecular flexibility index (Phi) is 4.99. The number of carbonyl (C=O) groups excluding carboxylic acids is 1. The number of nitrogens with zero attached hydrogens (tertiary/aromatic N) is 2. The van der Waals surface area contributed by atoms with Gasteiger partial charge in [-0.05, 0) is 38.5 Å². The van der Waals surface area contributed by atoms with Crippen molar-refractivity contribution in [1.29, 1.82) is 0 Å². The number of aromatic nitrogens is 2. The summed E-state index contributed by atoms with van der Waals surface area (Å²) < 4.78 is 6.61. The molecule has 1 aromatic heterocycles. The van der Waals surface area contributed by atoms with E-state index in [1.807, 2.05) is 63.2 Å². The molecule has 27 heavy (non-hydrogen) atoms. The monoisotopic (exact) mass is 365 g/mol. The SMILES string of the molecule is Cn1nc(-c2cccc(CNC(=O)OC(C)(C)C)c2)c2ccccc2c1=O. The van der Waals surface area contributed by atoms with Crippen LogP contribution in [0.2, 0.25) is 0 Å². The molecular weight excluding hydrogens is 342 g/mol. The Morgan fingerprint density at radius 3 is 2.52 bits per heavy atom. The standard InChI is InChI=1S/C21H23N3O3/c1-21(2,3)27-20(26)22-13-14-8-7-9-15(12-14)18-16-10-5-6-11-17(16)19(25)24(4)23-18/h5-12H,13H2,1-4H3,(H,22,26). The topological polar surface area (TPSA) is 73.2 Å². The molecule has 0 radical (unpaired) electrons. The number of ether oxygens (including phenoxy) is 1. The van der Waals surface area contributed by atoms with Crippen molar-refractivity contribution in [3.8, 4) is 11.3 Å². The number of carbonyl (C=O) groups is 1. The molecule has 0 saturated heterocycles. The van der Waals surface area contributed by atoms with Crippen LogP contribution in [0.5, 0.6) is 0 Å². The molecule has 1 N–H and O–H groups in total. The van der Waals surface area contributed by atoms with Gasteiger partial charge in [-0.2, -0.15) is 5.10 Å². The second kappa shape index (κ2) is 7.23. The predicted octanol–water partition coefficient (Wildman–Crippen LogP) is 3.63. The van der Waals surface area contributed by atoms with E-state index in [0.717, 1.165) is 22.2 Å². The minimum atomic E-state index is -0.538. The molecule has 3 aromatic rings. The smallest absolute Gasteiger partial charge is 0.407 e. The van der Waals surface area contributed by atoms with Gasteiger partial charge in [-0.15, -0.1) is 0 Å². The molecule has 0 aliphatic carbocycles.